The molecule has 1 atom stereocenters. The highest BCUT2D eigenvalue weighted by molar-refractivity contribution is 7.92. The van der Waals surface area contributed by atoms with E-state index in [9.17, 15) is 22.8 Å². The molecule has 2 amide bonds. The number of carbonyl (C=O) groups is 3. The first-order valence-corrected chi connectivity index (χ1v) is 11.5. The summed E-state index contributed by atoms with van der Waals surface area (Å²) in [6, 6.07) is 4.88. The number of fused-ring (bicyclic) bond motifs is 1. The molecule has 0 saturated heterocycles. The fourth-order valence-corrected chi connectivity index (χ4v) is 4.01. The van der Waals surface area contributed by atoms with E-state index in [2.05, 4.69) is 20.3 Å². The number of hydrogen-bond donors (Lipinski definition) is 4. The minimum Gasteiger partial charge on any atom is -0.464 e. The molecule has 0 aliphatic carbocycles. The first-order chi connectivity index (χ1) is 14.5. The average Bonchev–Trinajstić information content (AvgIpc) is 3.18. The topological polar surface area (TPSA) is 146 Å². The Balaban J connectivity index is 1.74. The van der Waals surface area contributed by atoms with Crippen LogP contribution in [0, 0.1) is 6.92 Å². The number of esters is 1. The van der Waals surface area contributed by atoms with Crippen LogP contribution in [0.2, 0.25) is 0 Å². The van der Waals surface area contributed by atoms with Gasteiger partial charge in [-0.2, -0.15) is 0 Å². The molecule has 31 heavy (non-hydrogen) atoms. The second kappa shape index (κ2) is 8.80. The van der Waals surface area contributed by atoms with Gasteiger partial charge in [0, 0.05) is 36.6 Å². The van der Waals surface area contributed by atoms with Gasteiger partial charge < -0.3 is 20.4 Å². The van der Waals surface area contributed by atoms with Crippen molar-refractivity contribution in [2.24, 2.45) is 0 Å². The van der Waals surface area contributed by atoms with Gasteiger partial charge in [0.15, 0.2) is 0 Å². The maximum atomic E-state index is 12.5. The molecule has 2 heterocycles. The number of rotatable bonds is 8. The smallest absolute Gasteiger partial charge is 0.302 e. The Morgan fingerprint density at radius 3 is 2.68 bits per heavy atom. The van der Waals surface area contributed by atoms with Crippen molar-refractivity contribution in [1.29, 1.82) is 0 Å². The molecule has 4 N–H and O–H groups in total. The Morgan fingerprint density at radius 1 is 1.26 bits per heavy atom. The molecule has 1 aromatic heterocycles. The van der Waals surface area contributed by atoms with Crippen molar-refractivity contribution in [3.05, 3.63) is 46.8 Å². The summed E-state index contributed by atoms with van der Waals surface area (Å²) in [4.78, 5) is 38.7. The molecule has 1 aromatic carbocycles. The molecule has 1 unspecified atom stereocenters. The van der Waals surface area contributed by atoms with Crippen molar-refractivity contribution < 1.29 is 27.5 Å². The van der Waals surface area contributed by atoms with Crippen molar-refractivity contribution in [2.75, 3.05) is 29.4 Å². The molecule has 1 aliphatic rings. The van der Waals surface area contributed by atoms with Crippen molar-refractivity contribution in [3.8, 4) is 0 Å². The van der Waals surface area contributed by atoms with Crippen LogP contribution in [0.4, 0.5) is 11.4 Å². The van der Waals surface area contributed by atoms with Gasteiger partial charge in [-0.05, 0) is 36.2 Å². The van der Waals surface area contributed by atoms with Gasteiger partial charge >= 0.3 is 5.97 Å². The molecule has 1 aliphatic heterocycles. The Bertz CT molecular complexity index is 1140. The van der Waals surface area contributed by atoms with E-state index in [1.165, 1.54) is 6.92 Å². The zero-order chi connectivity index (χ0) is 22.8. The van der Waals surface area contributed by atoms with Crippen LogP contribution in [-0.2, 0) is 30.8 Å². The maximum absolute atomic E-state index is 12.5. The van der Waals surface area contributed by atoms with Gasteiger partial charge in [0.2, 0.25) is 15.9 Å². The normalized spacial score (nSPS) is 15.2. The van der Waals surface area contributed by atoms with Crippen LogP contribution < -0.4 is 15.4 Å². The minimum absolute atomic E-state index is 0.0836. The van der Waals surface area contributed by atoms with Gasteiger partial charge in [0.1, 0.15) is 6.61 Å². The Hall–Kier alpha value is -3.34. The molecule has 2 aromatic rings. The Labute approximate surface area is 179 Å². The van der Waals surface area contributed by atoms with Crippen molar-refractivity contribution >= 4 is 39.2 Å². The molecule has 0 radical (unpaired) electrons. The first kappa shape index (κ1) is 22.3. The molecule has 0 spiro atoms. The van der Waals surface area contributed by atoms with E-state index in [4.69, 9.17) is 4.74 Å². The summed E-state index contributed by atoms with van der Waals surface area (Å²) < 4.78 is 30.2. The van der Waals surface area contributed by atoms with Crippen LogP contribution in [-0.4, -0.2) is 50.6 Å². The fraction of sp³-hybridized carbons (Fsp3) is 0.350. The molecular formula is C20H24N4O6S. The lowest BCUT2D eigenvalue weighted by atomic mass is 9.93. The van der Waals surface area contributed by atoms with Crippen molar-refractivity contribution in [3.63, 3.8) is 0 Å². The number of carbonyl (C=O) groups excluding carboxylic acids is 3. The van der Waals surface area contributed by atoms with Crippen LogP contribution in [0.1, 0.15) is 40.0 Å². The van der Waals surface area contributed by atoms with Gasteiger partial charge in [0.05, 0.1) is 24.3 Å². The average molecular weight is 449 g/mol. The van der Waals surface area contributed by atoms with E-state index in [0.717, 1.165) is 11.9 Å². The summed E-state index contributed by atoms with van der Waals surface area (Å²) in [5, 5.41) is 5.47. The predicted octanol–water partition coefficient (Wildman–Crippen LogP) is 1.27. The van der Waals surface area contributed by atoms with Gasteiger partial charge in [-0.15, -0.1) is 0 Å². The number of sulfonamides is 1. The maximum Gasteiger partial charge on any atom is 0.302 e. The lowest BCUT2D eigenvalue weighted by Gasteiger charge is -2.11. The predicted molar refractivity (Wildman–Crippen MR) is 114 cm³/mol. The number of benzene rings is 1. The van der Waals surface area contributed by atoms with Crippen molar-refractivity contribution in [1.82, 2.24) is 10.3 Å². The van der Waals surface area contributed by atoms with E-state index in [1.54, 1.807) is 31.3 Å². The summed E-state index contributed by atoms with van der Waals surface area (Å²) in [5.41, 5.74) is 3.54. The number of anilines is 2. The summed E-state index contributed by atoms with van der Waals surface area (Å²) in [6.07, 6.45) is 2.94. The zero-order valence-electron chi connectivity index (χ0n) is 17.4. The molecule has 0 fully saturated rings. The summed E-state index contributed by atoms with van der Waals surface area (Å²) >= 11 is 0. The summed E-state index contributed by atoms with van der Waals surface area (Å²) in [7, 11) is -3.45. The minimum atomic E-state index is -3.45. The van der Waals surface area contributed by atoms with Gasteiger partial charge in [-0.25, -0.2) is 8.42 Å². The van der Waals surface area contributed by atoms with E-state index < -0.39 is 21.9 Å². The zero-order valence-corrected chi connectivity index (χ0v) is 18.2. The second-order valence-corrected chi connectivity index (χ2v) is 9.07. The first-order valence-electron chi connectivity index (χ1n) is 9.56. The number of amides is 2. The van der Waals surface area contributed by atoms with Gasteiger partial charge in [-0.1, -0.05) is 0 Å². The summed E-state index contributed by atoms with van der Waals surface area (Å²) in [5.74, 6) is -1.47. The van der Waals surface area contributed by atoms with E-state index in [-0.39, 0.29) is 25.0 Å². The number of H-pyrrole nitrogens is 1. The van der Waals surface area contributed by atoms with Crippen LogP contribution in [0.15, 0.2) is 24.4 Å². The molecular weight excluding hydrogens is 424 g/mol. The number of aromatic nitrogens is 1. The van der Waals surface area contributed by atoms with Crippen LogP contribution in [0.25, 0.3) is 0 Å². The van der Waals surface area contributed by atoms with Crippen molar-refractivity contribution in [2.45, 2.75) is 26.2 Å². The quantitative estimate of drug-likeness (QED) is 0.353. The SMILES string of the molecule is CC(=O)OCCNC(=O)c1c[nH]c(CC2C(=O)Nc3ccc(NS(C)(=O)=O)cc32)c1C. The number of hydrogen-bond acceptors (Lipinski definition) is 6. The van der Waals surface area contributed by atoms with Gasteiger partial charge in [0.25, 0.3) is 5.91 Å². The standard InChI is InChI=1S/C20H24N4O6S/c1-11-16(19(26)21-6-7-30-12(2)25)10-22-18(11)9-15-14-8-13(24-31(3,28)29)4-5-17(14)23-20(15)27/h4-5,8,10,15,22,24H,6-7,9H2,1-3H3,(H,21,26)(H,23,27). The summed E-state index contributed by atoms with van der Waals surface area (Å²) in [6.45, 7) is 3.34. The van der Waals surface area contributed by atoms with Crippen LogP contribution in [0.5, 0.6) is 0 Å². The third kappa shape index (κ3) is 5.43. The third-order valence-corrected chi connectivity index (χ3v) is 5.50. The fourth-order valence-electron chi connectivity index (χ4n) is 3.45. The lowest BCUT2D eigenvalue weighted by molar-refractivity contribution is -0.140. The molecule has 11 heteroatoms. The largest absolute Gasteiger partial charge is 0.464 e. The number of aromatic amines is 1. The highest BCUT2D eigenvalue weighted by Crippen LogP contribution is 2.37. The molecule has 10 nitrogen and oxygen atoms in total. The Kier molecular flexibility index (Phi) is 6.34. The van der Waals surface area contributed by atoms with Crippen LogP contribution >= 0.6 is 0 Å². The number of ether oxygens (including phenoxy) is 1. The highest BCUT2D eigenvalue weighted by Gasteiger charge is 2.32. The third-order valence-electron chi connectivity index (χ3n) is 4.90. The highest BCUT2D eigenvalue weighted by atomic mass is 32.2. The molecule has 0 saturated carbocycles. The van der Waals surface area contributed by atoms with E-state index in [0.29, 0.717) is 34.5 Å². The lowest BCUT2D eigenvalue weighted by Crippen LogP contribution is -2.28. The second-order valence-electron chi connectivity index (χ2n) is 7.32. The van der Waals surface area contributed by atoms with Gasteiger partial charge in [-0.3, -0.25) is 19.1 Å². The number of nitrogens with one attached hydrogen (secondary N) is 4. The van der Waals surface area contributed by atoms with E-state index in [1.807, 2.05) is 0 Å². The molecule has 0 bridgehead atoms. The molecule has 166 valence electrons. The van der Waals surface area contributed by atoms with E-state index >= 15 is 0 Å². The van der Waals surface area contributed by atoms with Crippen LogP contribution in [0.3, 0.4) is 0 Å². The Morgan fingerprint density at radius 2 is 2.00 bits per heavy atom. The monoisotopic (exact) mass is 448 g/mol. The molecule has 3 rings (SSSR count).